The van der Waals surface area contributed by atoms with Crippen molar-refractivity contribution in [3.05, 3.63) is 65.2 Å². The predicted molar refractivity (Wildman–Crippen MR) is 113 cm³/mol. The summed E-state index contributed by atoms with van der Waals surface area (Å²) in [5, 5.41) is 13.6. The first-order valence-electron chi connectivity index (χ1n) is 10.0. The van der Waals surface area contributed by atoms with Gasteiger partial charge in [0.05, 0.1) is 6.04 Å². The van der Waals surface area contributed by atoms with Crippen LogP contribution in [0.25, 0.3) is 0 Å². The first-order valence-corrected chi connectivity index (χ1v) is 10.0. The van der Waals surface area contributed by atoms with E-state index in [0.717, 1.165) is 24.2 Å². The van der Waals surface area contributed by atoms with Crippen LogP contribution in [-0.2, 0) is 0 Å². The van der Waals surface area contributed by atoms with E-state index in [9.17, 15) is 9.90 Å². The highest BCUT2D eigenvalue weighted by Gasteiger charge is 2.31. The summed E-state index contributed by atoms with van der Waals surface area (Å²) in [5.74, 6) is 0.307. The van der Waals surface area contributed by atoms with Crippen molar-refractivity contribution in [3.8, 4) is 5.75 Å². The zero-order valence-corrected chi connectivity index (χ0v) is 17.2. The van der Waals surface area contributed by atoms with E-state index in [1.165, 1.54) is 0 Å². The number of hydrogen-bond acceptors (Lipinski definition) is 4. The molecule has 1 heterocycles. The van der Waals surface area contributed by atoms with Crippen molar-refractivity contribution < 1.29 is 9.90 Å². The van der Waals surface area contributed by atoms with Gasteiger partial charge in [-0.05, 0) is 56.2 Å². The molecule has 150 valence electrons. The van der Waals surface area contributed by atoms with Gasteiger partial charge in [0.15, 0.2) is 0 Å². The number of benzene rings is 2. The number of nitrogens with zero attached hydrogens (tertiary/aromatic N) is 2. The largest absolute Gasteiger partial charge is 0.508 e. The minimum Gasteiger partial charge on any atom is -0.508 e. The van der Waals surface area contributed by atoms with Gasteiger partial charge in [0, 0.05) is 44.3 Å². The summed E-state index contributed by atoms with van der Waals surface area (Å²) in [6, 6.07) is 16.2. The highest BCUT2D eigenvalue weighted by Crippen LogP contribution is 2.33. The second-order valence-electron chi connectivity index (χ2n) is 7.79. The standard InChI is InChI=1S/C23H31N3O2/c1-5-25(4)23(28)19-11-9-18(10-12-19)22(20-7-6-8-21(27)13-20)26-15-16(2)24-14-17(26)3/h6-13,16-17,22,24,27H,5,14-15H2,1-4H3/t16-,17-,22+/m0/s1. The maximum absolute atomic E-state index is 12.4. The van der Waals surface area contributed by atoms with E-state index >= 15 is 0 Å². The highest BCUT2D eigenvalue weighted by molar-refractivity contribution is 5.94. The molecule has 1 amide bonds. The molecule has 2 N–H and O–H groups in total. The van der Waals surface area contributed by atoms with E-state index in [-0.39, 0.29) is 17.7 Å². The van der Waals surface area contributed by atoms with Crippen molar-refractivity contribution >= 4 is 5.91 Å². The molecule has 3 rings (SSSR count). The van der Waals surface area contributed by atoms with Gasteiger partial charge in [-0.25, -0.2) is 0 Å². The van der Waals surface area contributed by atoms with Crippen LogP contribution in [0, 0.1) is 0 Å². The van der Waals surface area contributed by atoms with Gasteiger partial charge < -0.3 is 15.3 Å². The Balaban J connectivity index is 1.98. The molecule has 1 aliphatic rings. The number of piperazine rings is 1. The van der Waals surface area contributed by atoms with Gasteiger partial charge in [-0.15, -0.1) is 0 Å². The molecule has 0 bridgehead atoms. The first kappa shape index (κ1) is 20.4. The monoisotopic (exact) mass is 381 g/mol. The molecule has 0 unspecified atom stereocenters. The van der Waals surface area contributed by atoms with E-state index in [0.29, 0.717) is 24.2 Å². The van der Waals surface area contributed by atoms with Crippen LogP contribution in [0.4, 0.5) is 0 Å². The van der Waals surface area contributed by atoms with Gasteiger partial charge in [0.2, 0.25) is 0 Å². The van der Waals surface area contributed by atoms with E-state index in [2.05, 4.69) is 30.1 Å². The molecular formula is C23H31N3O2. The molecule has 3 atom stereocenters. The summed E-state index contributed by atoms with van der Waals surface area (Å²) < 4.78 is 0. The minimum atomic E-state index is 0.0275. The fraction of sp³-hybridized carbons (Fsp3) is 0.435. The lowest BCUT2D eigenvalue weighted by molar-refractivity contribution is 0.0802. The van der Waals surface area contributed by atoms with Crippen LogP contribution < -0.4 is 5.32 Å². The fourth-order valence-corrected chi connectivity index (χ4v) is 3.85. The SMILES string of the molecule is CCN(C)C(=O)c1ccc([C@H](c2cccc(O)c2)N2C[C@H](C)NC[C@@H]2C)cc1. The quantitative estimate of drug-likeness (QED) is 0.835. The Morgan fingerprint density at radius 3 is 2.57 bits per heavy atom. The van der Waals surface area contributed by atoms with Crippen molar-refractivity contribution in [3.63, 3.8) is 0 Å². The third kappa shape index (κ3) is 4.37. The van der Waals surface area contributed by atoms with E-state index in [1.54, 1.807) is 11.0 Å². The van der Waals surface area contributed by atoms with Gasteiger partial charge in [-0.3, -0.25) is 9.69 Å². The summed E-state index contributed by atoms with van der Waals surface area (Å²) in [5.41, 5.74) is 2.89. The van der Waals surface area contributed by atoms with Crippen LogP contribution in [0.15, 0.2) is 48.5 Å². The third-order valence-electron chi connectivity index (χ3n) is 5.62. The number of amides is 1. The molecule has 1 aliphatic heterocycles. The number of hydrogen-bond donors (Lipinski definition) is 2. The molecule has 1 fully saturated rings. The van der Waals surface area contributed by atoms with Gasteiger partial charge in [0.1, 0.15) is 5.75 Å². The fourth-order valence-electron chi connectivity index (χ4n) is 3.85. The lowest BCUT2D eigenvalue weighted by Crippen LogP contribution is -2.55. The number of nitrogens with one attached hydrogen (secondary N) is 1. The topological polar surface area (TPSA) is 55.8 Å². The average molecular weight is 382 g/mol. The number of carbonyl (C=O) groups excluding carboxylic acids is 1. The Hall–Kier alpha value is -2.37. The maximum Gasteiger partial charge on any atom is 0.253 e. The van der Waals surface area contributed by atoms with Crippen LogP contribution in [0.3, 0.4) is 0 Å². The minimum absolute atomic E-state index is 0.0275. The number of carbonyl (C=O) groups is 1. The van der Waals surface area contributed by atoms with Crippen LogP contribution in [-0.4, -0.2) is 59.6 Å². The zero-order valence-electron chi connectivity index (χ0n) is 17.2. The van der Waals surface area contributed by atoms with E-state index in [4.69, 9.17) is 0 Å². The van der Waals surface area contributed by atoms with Gasteiger partial charge >= 0.3 is 0 Å². The molecule has 0 aromatic heterocycles. The molecule has 28 heavy (non-hydrogen) atoms. The molecule has 0 saturated carbocycles. The zero-order chi connectivity index (χ0) is 20.3. The van der Waals surface area contributed by atoms with Crippen LogP contribution in [0.2, 0.25) is 0 Å². The summed E-state index contributed by atoms with van der Waals surface area (Å²) >= 11 is 0. The van der Waals surface area contributed by atoms with Gasteiger partial charge in [0.25, 0.3) is 5.91 Å². The lowest BCUT2D eigenvalue weighted by atomic mass is 9.93. The summed E-state index contributed by atoms with van der Waals surface area (Å²) in [6.45, 7) is 8.92. The Labute approximate surface area is 168 Å². The normalized spacial score (nSPS) is 21.3. The van der Waals surface area contributed by atoms with Crippen molar-refractivity contribution in [2.24, 2.45) is 0 Å². The molecule has 5 nitrogen and oxygen atoms in total. The van der Waals surface area contributed by atoms with E-state index in [1.807, 2.05) is 50.4 Å². The average Bonchev–Trinajstić information content (AvgIpc) is 2.70. The molecule has 0 radical (unpaired) electrons. The molecule has 1 saturated heterocycles. The summed E-state index contributed by atoms with van der Waals surface area (Å²) in [4.78, 5) is 16.6. The number of rotatable bonds is 5. The number of phenolic OH excluding ortho intramolecular Hbond substituents is 1. The van der Waals surface area contributed by atoms with Crippen molar-refractivity contribution in [1.82, 2.24) is 15.1 Å². The van der Waals surface area contributed by atoms with Gasteiger partial charge in [-0.1, -0.05) is 24.3 Å². The summed E-state index contributed by atoms with van der Waals surface area (Å²) in [7, 11) is 1.82. The summed E-state index contributed by atoms with van der Waals surface area (Å²) in [6.07, 6.45) is 0. The predicted octanol–water partition coefficient (Wildman–Crippen LogP) is 3.26. The van der Waals surface area contributed by atoms with E-state index < -0.39 is 0 Å². The molecule has 0 spiro atoms. The second kappa shape index (κ2) is 8.76. The Morgan fingerprint density at radius 2 is 1.93 bits per heavy atom. The van der Waals surface area contributed by atoms with Crippen molar-refractivity contribution in [2.45, 2.75) is 38.9 Å². The molecule has 5 heteroatoms. The third-order valence-corrected chi connectivity index (χ3v) is 5.62. The van der Waals surface area contributed by atoms with Gasteiger partial charge in [-0.2, -0.15) is 0 Å². The highest BCUT2D eigenvalue weighted by atomic mass is 16.3. The second-order valence-corrected chi connectivity index (χ2v) is 7.79. The van der Waals surface area contributed by atoms with Crippen LogP contribution in [0.1, 0.15) is 48.3 Å². The van der Waals surface area contributed by atoms with Crippen LogP contribution in [0.5, 0.6) is 5.75 Å². The lowest BCUT2D eigenvalue weighted by Gasteiger charge is -2.43. The Kier molecular flexibility index (Phi) is 6.37. The van der Waals surface area contributed by atoms with Crippen molar-refractivity contribution in [2.75, 3.05) is 26.7 Å². The molecule has 2 aromatic carbocycles. The first-order chi connectivity index (χ1) is 13.4. The molecular weight excluding hydrogens is 350 g/mol. The Morgan fingerprint density at radius 1 is 1.21 bits per heavy atom. The maximum atomic E-state index is 12.4. The van der Waals surface area contributed by atoms with Crippen molar-refractivity contribution in [1.29, 1.82) is 0 Å². The Bertz CT molecular complexity index is 806. The van der Waals surface area contributed by atoms with Crippen LogP contribution >= 0.6 is 0 Å². The number of phenols is 1. The molecule has 0 aliphatic carbocycles. The molecule has 2 aromatic rings. The smallest absolute Gasteiger partial charge is 0.253 e. The number of aromatic hydroxyl groups is 1.